The number of amides is 1. The first kappa shape index (κ1) is 30.2. The van der Waals surface area contributed by atoms with Crippen molar-refractivity contribution in [1.29, 1.82) is 0 Å². The van der Waals surface area contributed by atoms with Crippen LogP contribution in [0, 0.1) is 6.92 Å². The van der Waals surface area contributed by atoms with E-state index >= 15 is 0 Å². The van der Waals surface area contributed by atoms with Gasteiger partial charge in [0.05, 0.1) is 20.8 Å². The lowest BCUT2D eigenvalue weighted by Gasteiger charge is -2.24. The predicted octanol–water partition coefficient (Wildman–Crippen LogP) is 5.58. The molecule has 1 fully saturated rings. The lowest BCUT2D eigenvalue weighted by Crippen LogP contribution is -2.24. The fourth-order valence-corrected chi connectivity index (χ4v) is 4.91. The number of aliphatic imine (C=N–C) groups is 1. The van der Waals surface area contributed by atoms with Gasteiger partial charge in [0, 0.05) is 24.8 Å². The second-order valence-electron chi connectivity index (χ2n) is 9.00. The highest BCUT2D eigenvalue weighted by Crippen LogP contribution is 2.41. The van der Waals surface area contributed by atoms with E-state index < -0.39 is 12.1 Å². The number of nitrogens with one attached hydrogen (secondary N) is 1. The molecule has 2 unspecified atom stereocenters. The zero-order valence-corrected chi connectivity index (χ0v) is 24.2. The van der Waals surface area contributed by atoms with Crippen LogP contribution < -0.4 is 19.5 Å². The van der Waals surface area contributed by atoms with E-state index in [1.54, 1.807) is 25.3 Å². The van der Waals surface area contributed by atoms with Crippen molar-refractivity contribution in [3.8, 4) is 28.6 Å². The molecular weight excluding hydrogens is 552 g/mol. The zero-order chi connectivity index (χ0) is 29.2. The zero-order valence-electron chi connectivity index (χ0n) is 23.4. The highest BCUT2D eigenvalue weighted by Gasteiger charge is 2.24. The quantitative estimate of drug-likeness (QED) is 0.155. The fourth-order valence-electron chi connectivity index (χ4n) is 4.31. The van der Waals surface area contributed by atoms with Crippen molar-refractivity contribution in [3.63, 3.8) is 0 Å². The number of hydrogen-bond acceptors (Lipinski definition) is 11. The summed E-state index contributed by atoms with van der Waals surface area (Å²) in [6, 6.07) is 10.3. The van der Waals surface area contributed by atoms with Crippen molar-refractivity contribution in [1.82, 2.24) is 10.1 Å². The van der Waals surface area contributed by atoms with Crippen LogP contribution in [0.25, 0.3) is 11.4 Å². The van der Waals surface area contributed by atoms with Gasteiger partial charge in [0.2, 0.25) is 17.5 Å². The number of methoxy groups -OCH3 is 2. The molecule has 0 aliphatic carbocycles. The Hall–Kier alpha value is -3.81. The molecule has 0 bridgehead atoms. The Labute approximate surface area is 242 Å². The molecule has 3 aromatic rings. The molecule has 1 aliphatic heterocycles. The van der Waals surface area contributed by atoms with Gasteiger partial charge in [-0.2, -0.15) is 9.98 Å². The predicted molar refractivity (Wildman–Crippen MR) is 154 cm³/mol. The van der Waals surface area contributed by atoms with Gasteiger partial charge < -0.3 is 38.6 Å². The summed E-state index contributed by atoms with van der Waals surface area (Å²) >= 11 is 1.22. The molecule has 2 heterocycles. The number of thioether (sulfide) groups is 1. The number of aromatic nitrogens is 2. The Bertz CT molecular complexity index is 1330. The SMILES string of the molecule is COc1cc(C(Nc2ccc(-c3noc(C)n3)cc2)C(=NC(=O)O)SC)cc(OCCOC2CCCCO2)c1OC. The highest BCUT2D eigenvalue weighted by atomic mass is 32.2. The fraction of sp³-hybridized carbons (Fsp3) is 0.429. The molecule has 220 valence electrons. The van der Waals surface area contributed by atoms with Crippen LogP contribution in [0.2, 0.25) is 0 Å². The van der Waals surface area contributed by atoms with Crippen molar-refractivity contribution in [2.75, 3.05) is 45.6 Å². The first-order valence-electron chi connectivity index (χ1n) is 13.1. The molecular formula is C28H34N4O8S. The van der Waals surface area contributed by atoms with E-state index in [-0.39, 0.29) is 12.9 Å². The summed E-state index contributed by atoms with van der Waals surface area (Å²) in [6.07, 6.45) is 3.21. The Morgan fingerprint density at radius 1 is 1.17 bits per heavy atom. The molecule has 41 heavy (non-hydrogen) atoms. The number of carbonyl (C=O) groups is 1. The van der Waals surface area contributed by atoms with E-state index in [1.807, 2.05) is 24.3 Å². The van der Waals surface area contributed by atoms with Gasteiger partial charge in [0.15, 0.2) is 17.8 Å². The van der Waals surface area contributed by atoms with Crippen molar-refractivity contribution in [2.45, 2.75) is 38.5 Å². The van der Waals surface area contributed by atoms with Crippen LogP contribution in [-0.2, 0) is 9.47 Å². The van der Waals surface area contributed by atoms with E-state index in [2.05, 4.69) is 20.4 Å². The highest BCUT2D eigenvalue weighted by molar-refractivity contribution is 8.13. The van der Waals surface area contributed by atoms with E-state index in [4.69, 9.17) is 28.2 Å². The van der Waals surface area contributed by atoms with Gasteiger partial charge in [0.25, 0.3) is 0 Å². The second kappa shape index (κ2) is 14.7. The van der Waals surface area contributed by atoms with E-state index in [9.17, 15) is 9.90 Å². The average Bonchev–Trinajstić information content (AvgIpc) is 3.43. The number of rotatable bonds is 12. The van der Waals surface area contributed by atoms with Gasteiger partial charge in [-0.15, -0.1) is 11.8 Å². The molecule has 0 spiro atoms. The Kier molecular flexibility index (Phi) is 10.8. The molecule has 2 aromatic carbocycles. The monoisotopic (exact) mass is 586 g/mol. The number of anilines is 1. The first-order chi connectivity index (χ1) is 19.9. The molecule has 0 radical (unpaired) electrons. The van der Waals surface area contributed by atoms with E-state index in [1.165, 1.54) is 26.0 Å². The van der Waals surface area contributed by atoms with E-state index in [0.717, 1.165) is 24.8 Å². The maximum atomic E-state index is 11.6. The molecule has 13 heteroatoms. The van der Waals surface area contributed by atoms with Crippen molar-refractivity contribution >= 4 is 28.6 Å². The summed E-state index contributed by atoms with van der Waals surface area (Å²) in [5.41, 5.74) is 2.14. The molecule has 1 amide bonds. The Balaban J connectivity index is 1.61. The van der Waals surface area contributed by atoms with Crippen LogP contribution in [0.5, 0.6) is 17.2 Å². The Morgan fingerprint density at radius 3 is 2.56 bits per heavy atom. The number of benzene rings is 2. The Morgan fingerprint density at radius 2 is 1.95 bits per heavy atom. The largest absolute Gasteiger partial charge is 0.493 e. The maximum Gasteiger partial charge on any atom is 0.431 e. The van der Waals surface area contributed by atoms with E-state index in [0.29, 0.717) is 58.5 Å². The third kappa shape index (κ3) is 8.12. The number of aryl methyl sites for hydroxylation is 1. The van der Waals surface area contributed by atoms with Gasteiger partial charge in [-0.1, -0.05) is 5.16 Å². The molecule has 2 N–H and O–H groups in total. The molecule has 1 aliphatic rings. The van der Waals surface area contributed by atoms with Crippen molar-refractivity contribution in [2.24, 2.45) is 4.99 Å². The molecule has 4 rings (SSSR count). The van der Waals surface area contributed by atoms with Crippen LogP contribution in [0.15, 0.2) is 45.9 Å². The van der Waals surface area contributed by atoms with Crippen molar-refractivity contribution < 1.29 is 38.1 Å². The normalized spacial score (nSPS) is 16.2. The van der Waals surface area contributed by atoms with Gasteiger partial charge in [-0.25, -0.2) is 4.79 Å². The van der Waals surface area contributed by atoms with Gasteiger partial charge >= 0.3 is 6.09 Å². The third-order valence-electron chi connectivity index (χ3n) is 6.23. The first-order valence-corrected chi connectivity index (χ1v) is 14.3. The number of nitrogens with zero attached hydrogens (tertiary/aromatic N) is 3. The number of ether oxygens (including phenoxy) is 5. The molecule has 2 atom stereocenters. The third-order valence-corrected chi connectivity index (χ3v) is 6.97. The second-order valence-corrected chi connectivity index (χ2v) is 9.82. The standard InChI is InChI=1S/C28H34N4O8S/c1-17-29-26(32-40-17)18-8-10-20(11-9-18)30-24(27(41-4)31-28(33)34)19-15-21(35-2)25(36-3)22(16-19)37-13-14-39-23-7-5-6-12-38-23/h8-11,15-16,23-24,30H,5-7,12-14H2,1-4H3,(H,33,34). The lowest BCUT2D eigenvalue weighted by atomic mass is 10.0. The molecule has 1 aromatic heterocycles. The smallest absolute Gasteiger partial charge is 0.431 e. The summed E-state index contributed by atoms with van der Waals surface area (Å²) in [7, 11) is 3.05. The topological polar surface area (TPSA) is 147 Å². The van der Waals surface area contributed by atoms with Crippen LogP contribution in [0.4, 0.5) is 10.5 Å². The minimum absolute atomic E-state index is 0.226. The van der Waals surface area contributed by atoms with Crippen LogP contribution in [0.3, 0.4) is 0 Å². The van der Waals surface area contributed by atoms with Crippen LogP contribution in [0.1, 0.15) is 36.8 Å². The van der Waals surface area contributed by atoms with Crippen LogP contribution >= 0.6 is 11.8 Å². The average molecular weight is 587 g/mol. The summed E-state index contributed by atoms with van der Waals surface area (Å²) in [6.45, 7) is 2.99. The maximum absolute atomic E-state index is 11.6. The lowest BCUT2D eigenvalue weighted by molar-refractivity contribution is -0.165. The van der Waals surface area contributed by atoms with Gasteiger partial charge in [-0.3, -0.25) is 0 Å². The summed E-state index contributed by atoms with van der Waals surface area (Å²) < 4.78 is 33.8. The van der Waals surface area contributed by atoms with Gasteiger partial charge in [0.1, 0.15) is 17.7 Å². The van der Waals surface area contributed by atoms with Crippen molar-refractivity contribution in [3.05, 3.63) is 47.9 Å². The molecule has 0 saturated carbocycles. The minimum atomic E-state index is -1.30. The summed E-state index contributed by atoms with van der Waals surface area (Å²) in [5.74, 6) is 2.19. The number of hydrogen-bond donors (Lipinski definition) is 2. The molecule has 1 saturated heterocycles. The summed E-state index contributed by atoms with van der Waals surface area (Å²) in [4.78, 5) is 19.7. The van der Waals surface area contributed by atoms with Crippen LogP contribution in [-0.4, -0.2) is 73.0 Å². The van der Waals surface area contributed by atoms with Gasteiger partial charge in [-0.05, 0) is 67.5 Å². The minimum Gasteiger partial charge on any atom is -0.493 e. The summed E-state index contributed by atoms with van der Waals surface area (Å²) in [5, 5.41) is 17.2. The molecule has 12 nitrogen and oxygen atoms in total. The number of carboxylic acid groups (broad SMARTS) is 1.